The number of hydrogen-bond acceptors (Lipinski definition) is 5. The molecule has 1 fully saturated rings. The molecule has 1 saturated heterocycles. The lowest BCUT2D eigenvalue weighted by Crippen LogP contribution is -2.43. The van der Waals surface area contributed by atoms with E-state index in [4.69, 9.17) is 0 Å². The largest absolute Gasteiger partial charge is 0.355 e. The van der Waals surface area contributed by atoms with Gasteiger partial charge in [-0.1, -0.05) is 0 Å². The molecule has 0 spiro atoms. The molecule has 2 heterocycles. The van der Waals surface area contributed by atoms with Crippen molar-refractivity contribution >= 4 is 27.7 Å². The molecule has 0 bridgehead atoms. The third kappa shape index (κ3) is 6.00. The van der Waals surface area contributed by atoms with E-state index in [2.05, 4.69) is 25.3 Å². The summed E-state index contributed by atoms with van der Waals surface area (Å²) < 4.78 is 26.6. The summed E-state index contributed by atoms with van der Waals surface area (Å²) in [5, 5.41) is 7.01. The van der Waals surface area contributed by atoms with E-state index in [1.165, 1.54) is 30.9 Å². The van der Waals surface area contributed by atoms with Crippen LogP contribution in [0, 0.1) is 0 Å². The lowest BCUT2D eigenvalue weighted by atomic mass is 10.2. The first kappa shape index (κ1) is 18.0. The number of hydrogen-bond donors (Lipinski definition) is 3. The SMILES string of the molecule is CN=C(NCCNS(=O)(=O)c1cccnc1)NCC1CCCS1. The van der Waals surface area contributed by atoms with Gasteiger partial charge in [0.05, 0.1) is 0 Å². The normalized spacial score (nSPS) is 18.8. The summed E-state index contributed by atoms with van der Waals surface area (Å²) >= 11 is 1.98. The Labute approximate surface area is 141 Å². The van der Waals surface area contributed by atoms with Gasteiger partial charge in [0.1, 0.15) is 4.90 Å². The van der Waals surface area contributed by atoms with Crippen molar-refractivity contribution in [3.8, 4) is 0 Å². The van der Waals surface area contributed by atoms with Crippen molar-refractivity contribution in [2.45, 2.75) is 23.0 Å². The number of aliphatic imine (C=N–C) groups is 1. The molecule has 0 amide bonds. The maximum Gasteiger partial charge on any atom is 0.242 e. The molecular formula is C14H23N5O2S2. The standard InChI is InChI=1S/C14H23N5O2S2/c1-15-14(18-10-12-4-3-9-22-12)17-7-8-19-23(20,21)13-5-2-6-16-11-13/h2,5-6,11-12,19H,3-4,7-10H2,1H3,(H2,15,17,18). The van der Waals surface area contributed by atoms with Crippen molar-refractivity contribution < 1.29 is 8.42 Å². The third-order valence-electron chi connectivity index (χ3n) is 3.40. The van der Waals surface area contributed by atoms with E-state index in [1.807, 2.05) is 11.8 Å². The van der Waals surface area contributed by atoms with Gasteiger partial charge < -0.3 is 10.6 Å². The van der Waals surface area contributed by atoms with E-state index in [9.17, 15) is 8.42 Å². The van der Waals surface area contributed by atoms with Crippen LogP contribution in [0.2, 0.25) is 0 Å². The van der Waals surface area contributed by atoms with Crippen LogP contribution in [0.15, 0.2) is 34.4 Å². The van der Waals surface area contributed by atoms with Crippen molar-refractivity contribution in [2.24, 2.45) is 4.99 Å². The minimum atomic E-state index is -3.51. The van der Waals surface area contributed by atoms with Gasteiger partial charge in [-0.05, 0) is 30.7 Å². The molecular weight excluding hydrogens is 334 g/mol. The molecule has 0 aliphatic carbocycles. The van der Waals surface area contributed by atoms with E-state index in [0.29, 0.717) is 17.8 Å². The van der Waals surface area contributed by atoms with Crippen LogP contribution in [-0.4, -0.2) is 57.0 Å². The molecule has 1 aliphatic rings. The number of nitrogens with zero attached hydrogens (tertiary/aromatic N) is 2. The predicted molar refractivity (Wildman–Crippen MR) is 94.3 cm³/mol. The molecule has 9 heteroatoms. The molecule has 0 radical (unpaired) electrons. The average Bonchev–Trinajstić information content (AvgIpc) is 3.08. The zero-order valence-corrected chi connectivity index (χ0v) is 14.8. The molecule has 0 saturated carbocycles. The Morgan fingerprint density at radius 1 is 1.43 bits per heavy atom. The van der Waals surface area contributed by atoms with Crippen molar-refractivity contribution in [3.63, 3.8) is 0 Å². The molecule has 0 aromatic carbocycles. The van der Waals surface area contributed by atoms with E-state index >= 15 is 0 Å². The summed E-state index contributed by atoms with van der Waals surface area (Å²) in [5.74, 6) is 1.92. The lowest BCUT2D eigenvalue weighted by molar-refractivity contribution is 0.580. The fourth-order valence-corrected chi connectivity index (χ4v) is 4.39. The van der Waals surface area contributed by atoms with Gasteiger partial charge >= 0.3 is 0 Å². The van der Waals surface area contributed by atoms with Crippen molar-refractivity contribution in [2.75, 3.05) is 32.4 Å². The number of sulfonamides is 1. The number of guanidine groups is 1. The van der Waals surface area contributed by atoms with Gasteiger partial charge in [0, 0.05) is 44.3 Å². The molecule has 1 aliphatic heterocycles. The minimum absolute atomic E-state index is 0.167. The highest BCUT2D eigenvalue weighted by molar-refractivity contribution is 8.00. The van der Waals surface area contributed by atoms with Crippen molar-refractivity contribution in [1.82, 2.24) is 20.3 Å². The zero-order chi connectivity index (χ0) is 16.5. The molecule has 3 N–H and O–H groups in total. The number of rotatable bonds is 7. The molecule has 1 unspecified atom stereocenters. The van der Waals surface area contributed by atoms with E-state index in [-0.39, 0.29) is 11.4 Å². The minimum Gasteiger partial charge on any atom is -0.355 e. The van der Waals surface area contributed by atoms with Gasteiger partial charge in [-0.15, -0.1) is 0 Å². The number of pyridine rings is 1. The maximum atomic E-state index is 12.0. The summed E-state index contributed by atoms with van der Waals surface area (Å²) in [6, 6.07) is 3.11. The highest BCUT2D eigenvalue weighted by atomic mass is 32.2. The van der Waals surface area contributed by atoms with Crippen molar-refractivity contribution in [1.29, 1.82) is 0 Å². The first-order valence-electron chi connectivity index (χ1n) is 7.57. The van der Waals surface area contributed by atoms with Crippen LogP contribution in [-0.2, 0) is 10.0 Å². The molecule has 1 aromatic heterocycles. The van der Waals surface area contributed by atoms with Crippen LogP contribution < -0.4 is 15.4 Å². The predicted octanol–water partition coefficient (Wildman–Crippen LogP) is 0.421. The number of aromatic nitrogens is 1. The number of thioether (sulfide) groups is 1. The quantitative estimate of drug-likeness (QED) is 0.372. The Hall–Kier alpha value is -1.32. The maximum absolute atomic E-state index is 12.0. The van der Waals surface area contributed by atoms with Gasteiger partial charge in [0.15, 0.2) is 5.96 Å². The Kier molecular flexibility index (Phi) is 7.13. The topological polar surface area (TPSA) is 95.5 Å². The van der Waals surface area contributed by atoms with Gasteiger partial charge in [-0.2, -0.15) is 11.8 Å². The highest BCUT2D eigenvalue weighted by Crippen LogP contribution is 2.25. The zero-order valence-electron chi connectivity index (χ0n) is 13.2. The Morgan fingerprint density at radius 3 is 2.96 bits per heavy atom. The van der Waals surface area contributed by atoms with Crippen molar-refractivity contribution in [3.05, 3.63) is 24.5 Å². The van der Waals surface area contributed by atoms with Gasteiger partial charge in [-0.3, -0.25) is 9.98 Å². The van der Waals surface area contributed by atoms with Crippen LogP contribution in [0.4, 0.5) is 0 Å². The Bertz CT molecular complexity index is 601. The molecule has 23 heavy (non-hydrogen) atoms. The second-order valence-electron chi connectivity index (χ2n) is 5.10. The van der Waals surface area contributed by atoms with Crippen LogP contribution in [0.3, 0.4) is 0 Å². The van der Waals surface area contributed by atoms with Gasteiger partial charge in [0.2, 0.25) is 10.0 Å². The fraction of sp³-hybridized carbons (Fsp3) is 0.571. The molecule has 1 aromatic rings. The summed E-state index contributed by atoms with van der Waals surface area (Å²) in [7, 11) is -1.80. The summed E-state index contributed by atoms with van der Waals surface area (Å²) in [5.41, 5.74) is 0. The lowest BCUT2D eigenvalue weighted by Gasteiger charge is -2.15. The Morgan fingerprint density at radius 2 is 2.30 bits per heavy atom. The van der Waals surface area contributed by atoms with E-state index < -0.39 is 10.0 Å². The molecule has 2 rings (SSSR count). The average molecular weight is 358 g/mol. The van der Waals surface area contributed by atoms with Crippen LogP contribution in [0.25, 0.3) is 0 Å². The first-order valence-corrected chi connectivity index (χ1v) is 10.1. The highest BCUT2D eigenvalue weighted by Gasteiger charge is 2.16. The van der Waals surface area contributed by atoms with Gasteiger partial charge in [-0.25, -0.2) is 13.1 Å². The van der Waals surface area contributed by atoms with Crippen LogP contribution in [0.5, 0.6) is 0 Å². The second-order valence-corrected chi connectivity index (χ2v) is 8.28. The summed E-state index contributed by atoms with van der Waals surface area (Å²) in [6.07, 6.45) is 5.38. The fourth-order valence-electron chi connectivity index (χ4n) is 2.19. The first-order chi connectivity index (χ1) is 11.1. The smallest absolute Gasteiger partial charge is 0.242 e. The van der Waals surface area contributed by atoms with Crippen LogP contribution in [0.1, 0.15) is 12.8 Å². The molecule has 128 valence electrons. The summed E-state index contributed by atoms with van der Waals surface area (Å²) in [6.45, 7) is 1.61. The second kappa shape index (κ2) is 9.09. The van der Waals surface area contributed by atoms with E-state index in [1.54, 1.807) is 19.3 Å². The Balaban J connectivity index is 1.69. The number of nitrogens with one attached hydrogen (secondary N) is 3. The van der Waals surface area contributed by atoms with Crippen LogP contribution >= 0.6 is 11.8 Å². The van der Waals surface area contributed by atoms with Gasteiger partial charge in [0.25, 0.3) is 0 Å². The monoisotopic (exact) mass is 357 g/mol. The third-order valence-corrected chi connectivity index (χ3v) is 6.24. The summed E-state index contributed by atoms with van der Waals surface area (Å²) in [4.78, 5) is 8.12. The molecule has 7 nitrogen and oxygen atoms in total. The van der Waals surface area contributed by atoms with E-state index in [0.717, 1.165) is 6.54 Å². The molecule has 1 atom stereocenters.